The first-order valence-electron chi connectivity index (χ1n) is 4.28. The van der Waals surface area contributed by atoms with Crippen LogP contribution in [0.4, 0.5) is 0 Å². The second kappa shape index (κ2) is 2.73. The van der Waals surface area contributed by atoms with E-state index >= 15 is 0 Å². The van der Waals surface area contributed by atoms with E-state index in [-0.39, 0.29) is 0 Å². The Morgan fingerprint density at radius 2 is 2.18 bits per heavy atom. The Balaban J connectivity index is 2.03. The van der Waals surface area contributed by atoms with Crippen molar-refractivity contribution in [1.29, 1.82) is 0 Å². The summed E-state index contributed by atoms with van der Waals surface area (Å²) < 4.78 is 5.65. The van der Waals surface area contributed by atoms with Crippen molar-refractivity contribution in [3.63, 3.8) is 0 Å². The Kier molecular flexibility index (Phi) is 1.87. The summed E-state index contributed by atoms with van der Waals surface area (Å²) in [5.41, 5.74) is 0. The molecule has 0 aromatic heterocycles. The van der Waals surface area contributed by atoms with Crippen LogP contribution in [0.25, 0.3) is 0 Å². The summed E-state index contributed by atoms with van der Waals surface area (Å²) in [5, 5.41) is 3.36. The molecule has 0 amide bonds. The molecule has 2 rings (SSSR count). The van der Waals surface area contributed by atoms with Gasteiger partial charge in [0.2, 0.25) is 0 Å². The zero-order valence-corrected chi connectivity index (χ0v) is 7.21. The second-order valence-corrected chi connectivity index (χ2v) is 3.72. The maximum absolute atomic E-state index is 5.65. The van der Waals surface area contributed by atoms with Gasteiger partial charge in [-0.15, -0.1) is 0 Å². The quantitative estimate of drug-likeness (QED) is 0.556. The Bertz CT molecular complexity index is 149. The maximum atomic E-state index is 5.65. The summed E-state index contributed by atoms with van der Waals surface area (Å²) in [5.74, 6) is 0.727. The lowest BCUT2D eigenvalue weighted by molar-refractivity contribution is 0.106. The van der Waals surface area contributed by atoms with E-state index in [1.807, 2.05) is 0 Å². The molecule has 2 heterocycles. The molecule has 2 aliphatic heterocycles. The molecule has 0 aliphatic carbocycles. The van der Waals surface area contributed by atoms with Crippen LogP contribution < -0.4 is 5.32 Å². The van der Waals surface area contributed by atoms with Crippen LogP contribution in [0.2, 0.25) is 0 Å². The third kappa shape index (κ3) is 1.17. The lowest BCUT2D eigenvalue weighted by Gasteiger charge is -2.22. The predicted octanol–water partition coefficient (Wildman–Crippen LogP) is -0.465. The Hall–Kier alpha value is -0.120. The van der Waals surface area contributed by atoms with Crippen LogP contribution >= 0.6 is 0 Å². The molecule has 3 nitrogen and oxygen atoms in total. The van der Waals surface area contributed by atoms with Gasteiger partial charge in [0.25, 0.3) is 0 Å². The molecule has 0 spiro atoms. The standard InChI is InChI=1S/C8H16N2O/c1-10(2)7-5-11-8-4-9-3-6(7)8/h6-9H,3-5H2,1-2H3/t6-,7?,8-/m1/s1. The van der Waals surface area contributed by atoms with Gasteiger partial charge in [0.1, 0.15) is 0 Å². The highest BCUT2D eigenvalue weighted by molar-refractivity contribution is 4.95. The molecule has 0 bridgehead atoms. The number of hydrogen-bond donors (Lipinski definition) is 1. The molecule has 0 radical (unpaired) electrons. The predicted molar refractivity (Wildman–Crippen MR) is 43.6 cm³/mol. The fraction of sp³-hybridized carbons (Fsp3) is 1.00. The first-order valence-corrected chi connectivity index (χ1v) is 4.28. The van der Waals surface area contributed by atoms with Crippen LogP contribution in [-0.2, 0) is 4.74 Å². The van der Waals surface area contributed by atoms with Gasteiger partial charge in [-0.25, -0.2) is 0 Å². The van der Waals surface area contributed by atoms with Gasteiger partial charge in [-0.2, -0.15) is 0 Å². The molecule has 2 saturated heterocycles. The van der Waals surface area contributed by atoms with Crippen molar-refractivity contribution in [3.05, 3.63) is 0 Å². The topological polar surface area (TPSA) is 24.5 Å². The Morgan fingerprint density at radius 1 is 1.36 bits per heavy atom. The molecule has 0 aromatic rings. The molecule has 3 heteroatoms. The zero-order valence-electron chi connectivity index (χ0n) is 7.21. The van der Waals surface area contributed by atoms with E-state index in [1.54, 1.807) is 0 Å². The van der Waals surface area contributed by atoms with Gasteiger partial charge in [0.15, 0.2) is 0 Å². The van der Waals surface area contributed by atoms with Crippen molar-refractivity contribution in [3.8, 4) is 0 Å². The summed E-state index contributed by atoms with van der Waals surface area (Å²) in [6.45, 7) is 3.10. The highest BCUT2D eigenvalue weighted by Crippen LogP contribution is 2.26. The van der Waals surface area contributed by atoms with E-state index in [0.29, 0.717) is 12.1 Å². The van der Waals surface area contributed by atoms with Crippen LogP contribution in [0.5, 0.6) is 0 Å². The lowest BCUT2D eigenvalue weighted by atomic mass is 10.00. The summed E-state index contributed by atoms with van der Waals surface area (Å²) >= 11 is 0. The second-order valence-electron chi connectivity index (χ2n) is 3.72. The van der Waals surface area contributed by atoms with Gasteiger partial charge in [0, 0.05) is 25.0 Å². The van der Waals surface area contributed by atoms with E-state index in [9.17, 15) is 0 Å². The van der Waals surface area contributed by atoms with Crippen molar-refractivity contribution < 1.29 is 4.74 Å². The first kappa shape index (κ1) is 7.53. The lowest BCUT2D eigenvalue weighted by Crippen LogP contribution is -2.36. The molecule has 64 valence electrons. The number of rotatable bonds is 1. The zero-order chi connectivity index (χ0) is 7.84. The summed E-state index contributed by atoms with van der Waals surface area (Å²) in [4.78, 5) is 2.28. The molecular formula is C8H16N2O. The number of fused-ring (bicyclic) bond motifs is 1. The van der Waals surface area contributed by atoms with Crippen LogP contribution in [0.1, 0.15) is 0 Å². The molecule has 0 aromatic carbocycles. The number of nitrogens with zero attached hydrogens (tertiary/aromatic N) is 1. The number of ether oxygens (including phenoxy) is 1. The molecule has 1 N–H and O–H groups in total. The number of hydrogen-bond acceptors (Lipinski definition) is 3. The van der Waals surface area contributed by atoms with E-state index in [4.69, 9.17) is 4.74 Å². The summed E-state index contributed by atoms with van der Waals surface area (Å²) in [6, 6.07) is 0.634. The fourth-order valence-corrected chi connectivity index (χ4v) is 2.12. The highest BCUT2D eigenvalue weighted by Gasteiger charge is 2.41. The normalized spacial score (nSPS) is 43.4. The smallest absolute Gasteiger partial charge is 0.0756 e. The molecule has 3 atom stereocenters. The monoisotopic (exact) mass is 156 g/mol. The molecule has 1 unspecified atom stereocenters. The van der Waals surface area contributed by atoms with Gasteiger partial charge >= 0.3 is 0 Å². The van der Waals surface area contributed by atoms with Gasteiger partial charge in [-0.05, 0) is 14.1 Å². The van der Waals surface area contributed by atoms with Crippen LogP contribution in [-0.4, -0.2) is 50.8 Å². The van der Waals surface area contributed by atoms with Crippen molar-refractivity contribution in [2.45, 2.75) is 12.1 Å². The van der Waals surface area contributed by atoms with Crippen LogP contribution in [0.15, 0.2) is 0 Å². The molecular weight excluding hydrogens is 140 g/mol. The van der Waals surface area contributed by atoms with Crippen molar-refractivity contribution in [1.82, 2.24) is 10.2 Å². The van der Waals surface area contributed by atoms with Gasteiger partial charge in [-0.1, -0.05) is 0 Å². The number of likely N-dealkylation sites (N-methyl/N-ethyl adjacent to an activating group) is 1. The Morgan fingerprint density at radius 3 is 2.91 bits per heavy atom. The third-order valence-electron chi connectivity index (χ3n) is 2.84. The molecule has 11 heavy (non-hydrogen) atoms. The van der Waals surface area contributed by atoms with Crippen molar-refractivity contribution in [2.75, 3.05) is 33.8 Å². The van der Waals surface area contributed by atoms with E-state index in [1.165, 1.54) is 0 Å². The minimum absolute atomic E-state index is 0.488. The van der Waals surface area contributed by atoms with E-state index in [0.717, 1.165) is 25.6 Å². The van der Waals surface area contributed by atoms with Crippen LogP contribution in [0.3, 0.4) is 0 Å². The summed E-state index contributed by atoms with van der Waals surface area (Å²) in [7, 11) is 4.27. The molecule has 2 aliphatic rings. The van der Waals surface area contributed by atoms with E-state index in [2.05, 4.69) is 24.3 Å². The average Bonchev–Trinajstić information content (AvgIpc) is 2.41. The first-order chi connectivity index (χ1) is 5.29. The minimum atomic E-state index is 0.488. The SMILES string of the molecule is CN(C)C1CO[C@@H]2CNC[C@H]12. The minimum Gasteiger partial charge on any atom is -0.375 e. The molecule has 0 saturated carbocycles. The largest absolute Gasteiger partial charge is 0.375 e. The van der Waals surface area contributed by atoms with Gasteiger partial charge in [-0.3, -0.25) is 0 Å². The van der Waals surface area contributed by atoms with Gasteiger partial charge < -0.3 is 15.0 Å². The maximum Gasteiger partial charge on any atom is 0.0756 e. The molecule has 2 fully saturated rings. The summed E-state index contributed by atoms with van der Waals surface area (Å²) in [6.07, 6.45) is 0.488. The Labute approximate surface area is 67.7 Å². The third-order valence-corrected chi connectivity index (χ3v) is 2.84. The van der Waals surface area contributed by atoms with Crippen molar-refractivity contribution >= 4 is 0 Å². The van der Waals surface area contributed by atoms with Crippen molar-refractivity contribution in [2.24, 2.45) is 5.92 Å². The fourth-order valence-electron chi connectivity index (χ4n) is 2.12. The van der Waals surface area contributed by atoms with E-state index < -0.39 is 0 Å². The average molecular weight is 156 g/mol. The van der Waals surface area contributed by atoms with Gasteiger partial charge in [0.05, 0.1) is 12.7 Å². The highest BCUT2D eigenvalue weighted by atomic mass is 16.5. The van der Waals surface area contributed by atoms with Crippen LogP contribution in [0, 0.1) is 5.92 Å². The number of nitrogens with one attached hydrogen (secondary N) is 1.